The summed E-state index contributed by atoms with van der Waals surface area (Å²) in [4.78, 5) is 88.6. The molecule has 2 rings (SSSR count). The van der Waals surface area contributed by atoms with E-state index in [1.54, 1.807) is 0 Å². The normalized spacial score (nSPS) is 22.0. The van der Waals surface area contributed by atoms with Crippen LogP contribution in [-0.2, 0) is 40.0 Å². The molecule has 11 N–H and O–H groups in total. The molecule has 0 unspecified atom stereocenters. The van der Waals surface area contributed by atoms with Crippen LogP contribution in [0.4, 0.5) is 0 Å². The van der Waals surface area contributed by atoms with Gasteiger partial charge in [-0.2, -0.15) is 0 Å². The fraction of sp³-hybridized carbons (Fsp3) is 0.519. The van der Waals surface area contributed by atoms with Crippen LogP contribution in [-0.4, -0.2) is 99.9 Å². The summed E-state index contributed by atoms with van der Waals surface area (Å²) >= 11 is 0. The van der Waals surface area contributed by atoms with Crippen molar-refractivity contribution in [2.45, 2.75) is 69.2 Å². The van der Waals surface area contributed by atoms with Gasteiger partial charge >= 0.3 is 5.97 Å². The lowest BCUT2D eigenvalue weighted by Crippen LogP contribution is -2.60. The zero-order valence-corrected chi connectivity index (χ0v) is 26.2. The number of amides is 6. The van der Waals surface area contributed by atoms with Crippen molar-refractivity contribution in [1.29, 1.82) is 0 Å². The maximum atomic E-state index is 13.4. The topological polar surface area (TPSA) is 272 Å². The number of benzene rings is 1. The monoisotopic (exact) mass is 669 g/mol. The van der Waals surface area contributed by atoms with Gasteiger partial charge in [-0.05, 0) is 43.5 Å². The van der Waals surface area contributed by atoms with E-state index in [4.69, 9.17) is 11.5 Å². The van der Waals surface area contributed by atoms with Gasteiger partial charge in [0.05, 0.1) is 6.42 Å². The lowest BCUT2D eigenvalue weighted by Gasteiger charge is -2.27. The molecule has 0 bridgehead atoms. The van der Waals surface area contributed by atoms with Crippen LogP contribution in [0.15, 0.2) is 24.3 Å². The van der Waals surface area contributed by atoms with Crippen molar-refractivity contribution in [3.8, 4) is 5.75 Å². The summed E-state index contributed by atoms with van der Waals surface area (Å²) in [7, 11) is 2.17. The number of phenolic OH excluding ortho intramolecular Hbond substituents is 1. The Labute approximate surface area is 267 Å². The van der Waals surface area contributed by atoms with Crippen LogP contribution in [0, 0.1) is 0 Å². The molecule has 0 radical (unpaired) electrons. The van der Waals surface area contributed by atoms with Crippen LogP contribution in [0.2, 0.25) is 0 Å². The van der Waals surface area contributed by atoms with Crippen molar-refractivity contribution < 1.29 is 43.8 Å². The number of aromatic hydroxyl groups is 1. The first-order valence-electron chi connectivity index (χ1n) is 14.0. The second-order valence-electron chi connectivity index (χ2n) is 10.2. The summed E-state index contributed by atoms with van der Waals surface area (Å²) in [5.41, 5.74) is 11.4. The van der Waals surface area contributed by atoms with Gasteiger partial charge in [0.15, 0.2) is 0 Å². The molecule has 1 aromatic carbocycles. The van der Waals surface area contributed by atoms with Gasteiger partial charge in [-0.3, -0.25) is 28.8 Å². The van der Waals surface area contributed by atoms with Crippen LogP contribution in [0.1, 0.15) is 38.2 Å². The first-order chi connectivity index (χ1) is 21.3. The fourth-order valence-corrected chi connectivity index (χ4v) is 6.50. The Balaban J connectivity index is 2.37. The van der Waals surface area contributed by atoms with Crippen LogP contribution in [0.25, 0.3) is 0 Å². The minimum atomic E-state index is -1.47. The molecule has 0 saturated carbocycles. The Morgan fingerprint density at radius 3 is 2.18 bits per heavy atom. The highest BCUT2D eigenvalue weighted by Crippen LogP contribution is 2.24. The third-order valence-corrected chi connectivity index (χ3v) is 8.91. The molecule has 0 aliphatic carbocycles. The third-order valence-electron chi connectivity index (χ3n) is 6.49. The Kier molecular flexibility index (Phi) is 15.4. The van der Waals surface area contributed by atoms with E-state index in [-0.39, 0.29) is 30.1 Å². The molecule has 1 fully saturated rings. The first kappa shape index (κ1) is 37.2. The van der Waals surface area contributed by atoms with E-state index < -0.39 is 78.0 Å². The van der Waals surface area contributed by atoms with Gasteiger partial charge in [-0.25, -0.2) is 4.79 Å². The van der Waals surface area contributed by atoms with E-state index in [1.165, 1.54) is 31.2 Å². The maximum Gasteiger partial charge on any atom is 0.326 e. The molecule has 1 aromatic rings. The molecule has 16 nitrogen and oxygen atoms in total. The molecule has 45 heavy (non-hydrogen) atoms. The highest BCUT2D eigenvalue weighted by Gasteiger charge is 2.33. The van der Waals surface area contributed by atoms with Crippen LogP contribution in [0.3, 0.4) is 0 Å². The zero-order valence-electron chi connectivity index (χ0n) is 24.6. The van der Waals surface area contributed by atoms with Gasteiger partial charge in [-0.1, -0.05) is 33.7 Å². The van der Waals surface area contributed by atoms with Crippen molar-refractivity contribution in [3.63, 3.8) is 0 Å². The molecular weight excluding hydrogens is 630 g/mol. The Morgan fingerprint density at radius 1 is 0.956 bits per heavy atom. The Hall–Kier alpha value is -4.03. The molecule has 248 valence electrons. The predicted molar refractivity (Wildman–Crippen MR) is 166 cm³/mol. The van der Waals surface area contributed by atoms with Gasteiger partial charge in [-0.15, -0.1) is 0 Å². The number of carbonyl (C=O) groups is 7. The van der Waals surface area contributed by atoms with Gasteiger partial charge < -0.3 is 48.3 Å². The molecule has 18 heteroatoms. The largest absolute Gasteiger partial charge is 0.508 e. The highest BCUT2D eigenvalue weighted by atomic mass is 33.1. The second-order valence-corrected chi connectivity index (χ2v) is 12.8. The molecular formula is C27H39N7O9S2. The van der Waals surface area contributed by atoms with Crippen LogP contribution < -0.4 is 38.1 Å². The lowest BCUT2D eigenvalue weighted by atomic mass is 10.0. The summed E-state index contributed by atoms with van der Waals surface area (Å²) in [6.45, 7) is 1.51. The van der Waals surface area contributed by atoms with E-state index >= 15 is 0 Å². The summed E-state index contributed by atoms with van der Waals surface area (Å²) in [5.74, 6) is -6.11. The molecule has 6 amide bonds. The molecule has 1 aliphatic rings. The minimum Gasteiger partial charge on any atom is -0.508 e. The summed E-state index contributed by atoms with van der Waals surface area (Å²) in [6.07, 6.45) is 0.298. The molecule has 0 aromatic heterocycles. The SMILES string of the molecule is CC(=O)N[C@H]1CSSC[C@@H](C(=O)N[C@@H](Cc2ccc(O)cc2)C(=O)O)NC(=O)[C@H](CCCCN)NC(=O)[C@H](CC(N)=O)NC1=O. The van der Waals surface area contributed by atoms with Crippen LogP contribution in [0.5, 0.6) is 5.75 Å². The summed E-state index contributed by atoms with van der Waals surface area (Å²) in [5, 5.41) is 31.7. The van der Waals surface area contributed by atoms with E-state index in [0.717, 1.165) is 21.6 Å². The van der Waals surface area contributed by atoms with E-state index in [0.29, 0.717) is 24.9 Å². The van der Waals surface area contributed by atoms with Crippen molar-refractivity contribution in [1.82, 2.24) is 26.6 Å². The Morgan fingerprint density at radius 2 is 1.58 bits per heavy atom. The van der Waals surface area contributed by atoms with Gasteiger partial charge in [0, 0.05) is 24.9 Å². The van der Waals surface area contributed by atoms with Gasteiger partial charge in [0.2, 0.25) is 35.4 Å². The number of unbranched alkanes of at least 4 members (excludes halogenated alkanes) is 1. The third kappa shape index (κ3) is 13.2. The average Bonchev–Trinajstić information content (AvgIpc) is 2.96. The van der Waals surface area contributed by atoms with E-state index in [2.05, 4.69) is 26.6 Å². The number of carboxylic acids is 1. The number of primary amides is 1. The number of hydrogen-bond donors (Lipinski definition) is 9. The van der Waals surface area contributed by atoms with E-state index in [9.17, 15) is 43.8 Å². The number of nitrogens with two attached hydrogens (primary N) is 2. The lowest BCUT2D eigenvalue weighted by molar-refractivity contribution is -0.142. The van der Waals surface area contributed by atoms with Crippen molar-refractivity contribution >= 4 is 63.0 Å². The number of carbonyl (C=O) groups excluding carboxylic acids is 6. The van der Waals surface area contributed by atoms with Gasteiger partial charge in [0.25, 0.3) is 0 Å². The number of aliphatic carboxylic acids is 1. The van der Waals surface area contributed by atoms with Crippen molar-refractivity contribution in [3.05, 3.63) is 29.8 Å². The standard InChI is InChI=1S/C27H39N7O9S2/c1-14(35)30-20-12-44-45-13-21(26(41)33-19(27(42)43)10-15-5-7-16(36)8-6-15)34-23(38)17(4-2-3-9-28)31-24(39)18(11-22(29)37)32-25(20)40/h5-8,17-21,36H,2-4,9-13,28H2,1H3,(H2,29,37)(H,30,35)(H,31,39)(H,32,40)(H,33,41)(H,34,38)(H,42,43)/t17-,18-,19-,20-,21-/m0/s1. The number of carboxylic acid groups (broad SMARTS) is 1. The predicted octanol–water partition coefficient (Wildman–Crippen LogP) is -2.14. The first-order valence-corrected chi connectivity index (χ1v) is 16.5. The van der Waals surface area contributed by atoms with Crippen molar-refractivity contribution in [2.24, 2.45) is 11.5 Å². The average molecular weight is 670 g/mol. The molecule has 5 atom stereocenters. The molecule has 1 saturated heterocycles. The highest BCUT2D eigenvalue weighted by molar-refractivity contribution is 8.76. The smallest absolute Gasteiger partial charge is 0.326 e. The molecule has 1 aliphatic heterocycles. The fourth-order valence-electron chi connectivity index (χ4n) is 4.17. The van der Waals surface area contributed by atoms with Gasteiger partial charge in [0.1, 0.15) is 36.0 Å². The van der Waals surface area contributed by atoms with Crippen LogP contribution >= 0.6 is 21.6 Å². The number of phenols is 1. The van der Waals surface area contributed by atoms with E-state index in [1.807, 2.05) is 0 Å². The second kappa shape index (κ2) is 18.7. The molecule has 0 spiro atoms. The number of nitrogens with one attached hydrogen (secondary N) is 5. The summed E-state index contributed by atoms with van der Waals surface area (Å²) < 4.78 is 0. The van der Waals surface area contributed by atoms with Crippen molar-refractivity contribution in [2.75, 3.05) is 18.1 Å². The summed E-state index contributed by atoms with van der Waals surface area (Å²) in [6, 6.07) is -0.695. The molecule has 1 heterocycles. The number of hydrogen-bond acceptors (Lipinski definition) is 11. The zero-order chi connectivity index (χ0) is 33.5. The maximum absolute atomic E-state index is 13.4. The number of rotatable bonds is 12. The Bertz CT molecular complexity index is 1240. The quantitative estimate of drug-likeness (QED) is 0.0852. The minimum absolute atomic E-state index is 0.0149.